The minimum atomic E-state index is -0.120. The quantitative estimate of drug-likeness (QED) is 0.627. The van der Waals surface area contributed by atoms with Crippen LogP contribution in [0.2, 0.25) is 0 Å². The van der Waals surface area contributed by atoms with Gasteiger partial charge in [0.15, 0.2) is 0 Å². The molecule has 0 aliphatic rings. The molecule has 0 fully saturated rings. The zero-order chi connectivity index (χ0) is 15.2. The molecule has 2 aromatic rings. The molecule has 0 bridgehead atoms. The zero-order valence-electron chi connectivity index (χ0n) is 12.4. The summed E-state index contributed by atoms with van der Waals surface area (Å²) >= 11 is 0. The molecule has 5 heteroatoms. The van der Waals surface area contributed by atoms with Crippen LogP contribution in [0.15, 0.2) is 24.4 Å². The van der Waals surface area contributed by atoms with Gasteiger partial charge >= 0.3 is 0 Å². The average molecular weight is 288 g/mol. The number of aldehydes is 1. The second-order valence-corrected chi connectivity index (χ2v) is 4.82. The molecule has 0 atom stereocenters. The van der Waals surface area contributed by atoms with Crippen LogP contribution >= 0.6 is 0 Å². The number of aromatic amines is 1. The number of amides is 1. The van der Waals surface area contributed by atoms with Crippen molar-refractivity contribution in [1.82, 2.24) is 9.88 Å². The van der Waals surface area contributed by atoms with E-state index in [2.05, 4.69) is 4.98 Å². The number of hydrogen-bond donors (Lipinski definition) is 1. The molecule has 0 radical (unpaired) electrons. The van der Waals surface area contributed by atoms with E-state index in [0.29, 0.717) is 19.4 Å². The maximum Gasteiger partial charge on any atom is 0.229 e. The number of benzene rings is 1. The Balaban J connectivity index is 2.12. The lowest BCUT2D eigenvalue weighted by Gasteiger charge is -2.19. The molecule has 0 unspecified atom stereocenters. The molecule has 1 heterocycles. The lowest BCUT2D eigenvalue weighted by molar-refractivity contribution is -0.132. The number of carbonyl (C=O) groups excluding carboxylic acids is 2. The molecule has 1 N–H and O–H groups in total. The van der Waals surface area contributed by atoms with E-state index in [1.54, 1.807) is 12.0 Å². The first kappa shape index (κ1) is 15.1. The average Bonchev–Trinajstić information content (AvgIpc) is 2.90. The lowest BCUT2D eigenvalue weighted by Crippen LogP contribution is -2.32. The van der Waals surface area contributed by atoms with Crippen molar-refractivity contribution in [2.24, 2.45) is 0 Å². The van der Waals surface area contributed by atoms with Crippen molar-refractivity contribution in [3.63, 3.8) is 0 Å². The second kappa shape index (κ2) is 6.92. The summed E-state index contributed by atoms with van der Waals surface area (Å²) in [6.45, 7) is 3.13. The van der Waals surface area contributed by atoms with E-state index < -0.39 is 0 Å². The third-order valence-electron chi connectivity index (χ3n) is 3.62. The highest BCUT2D eigenvalue weighted by Gasteiger charge is 2.12. The molecule has 1 aromatic carbocycles. The summed E-state index contributed by atoms with van der Waals surface area (Å²) in [4.78, 5) is 27.1. The maximum absolute atomic E-state index is 11.8. The van der Waals surface area contributed by atoms with Crippen molar-refractivity contribution in [2.75, 3.05) is 20.2 Å². The van der Waals surface area contributed by atoms with Crippen LogP contribution in [0.4, 0.5) is 0 Å². The molecule has 0 aliphatic heterocycles. The Morgan fingerprint density at radius 2 is 2.24 bits per heavy atom. The van der Waals surface area contributed by atoms with Gasteiger partial charge in [-0.05, 0) is 37.1 Å². The minimum Gasteiger partial charge on any atom is -0.497 e. The van der Waals surface area contributed by atoms with Crippen LogP contribution in [-0.4, -0.2) is 42.3 Å². The zero-order valence-corrected chi connectivity index (χ0v) is 12.4. The molecule has 5 nitrogen and oxygen atoms in total. The van der Waals surface area contributed by atoms with Crippen LogP contribution in [0, 0.1) is 0 Å². The molecule has 21 heavy (non-hydrogen) atoms. The van der Waals surface area contributed by atoms with E-state index in [4.69, 9.17) is 4.74 Å². The van der Waals surface area contributed by atoms with Gasteiger partial charge in [-0.1, -0.05) is 0 Å². The van der Waals surface area contributed by atoms with Crippen LogP contribution in [0.1, 0.15) is 18.9 Å². The van der Waals surface area contributed by atoms with Crippen LogP contribution in [0.5, 0.6) is 5.75 Å². The standard InChI is InChI=1S/C16H20N2O3/c1-3-18(16(20)7-9-19)8-6-12-11-17-15-5-4-13(21-2)10-14(12)15/h4-5,9-11,17H,3,6-8H2,1-2H3. The van der Waals surface area contributed by atoms with E-state index in [1.165, 1.54) is 0 Å². The van der Waals surface area contributed by atoms with E-state index in [0.717, 1.165) is 28.6 Å². The Labute approximate surface area is 123 Å². The number of carbonyl (C=O) groups is 2. The number of methoxy groups -OCH3 is 1. The normalized spacial score (nSPS) is 10.6. The van der Waals surface area contributed by atoms with Gasteiger partial charge < -0.3 is 19.4 Å². The predicted octanol–water partition coefficient (Wildman–Crippen LogP) is 2.16. The minimum absolute atomic E-state index is 0.0461. The van der Waals surface area contributed by atoms with Gasteiger partial charge in [0.25, 0.3) is 0 Å². The fourth-order valence-electron chi connectivity index (χ4n) is 2.41. The molecular weight excluding hydrogens is 268 g/mol. The summed E-state index contributed by atoms with van der Waals surface area (Å²) in [6, 6.07) is 5.88. The first-order valence-corrected chi connectivity index (χ1v) is 7.05. The molecular formula is C16H20N2O3. The Morgan fingerprint density at radius 1 is 1.43 bits per heavy atom. The summed E-state index contributed by atoms with van der Waals surface area (Å²) in [7, 11) is 1.64. The van der Waals surface area contributed by atoms with E-state index in [-0.39, 0.29) is 12.3 Å². The van der Waals surface area contributed by atoms with E-state index in [9.17, 15) is 9.59 Å². The number of nitrogens with one attached hydrogen (secondary N) is 1. The molecule has 112 valence electrons. The van der Waals surface area contributed by atoms with Gasteiger partial charge in [-0.2, -0.15) is 0 Å². The van der Waals surface area contributed by atoms with Crippen LogP contribution in [-0.2, 0) is 16.0 Å². The summed E-state index contributed by atoms with van der Waals surface area (Å²) in [5.41, 5.74) is 2.19. The molecule has 0 saturated heterocycles. The van der Waals surface area contributed by atoms with E-state index >= 15 is 0 Å². The first-order chi connectivity index (χ1) is 10.2. The number of H-pyrrole nitrogens is 1. The van der Waals surface area contributed by atoms with Crippen LogP contribution in [0.3, 0.4) is 0 Å². The van der Waals surface area contributed by atoms with Crippen molar-refractivity contribution in [3.8, 4) is 5.75 Å². The van der Waals surface area contributed by atoms with Gasteiger partial charge in [-0.15, -0.1) is 0 Å². The van der Waals surface area contributed by atoms with Gasteiger partial charge in [0, 0.05) is 30.2 Å². The smallest absolute Gasteiger partial charge is 0.229 e. The second-order valence-electron chi connectivity index (χ2n) is 4.82. The maximum atomic E-state index is 11.8. The van der Waals surface area contributed by atoms with E-state index in [1.807, 2.05) is 31.3 Å². The molecule has 1 aromatic heterocycles. The SMILES string of the molecule is CCN(CCc1c[nH]c2ccc(OC)cc12)C(=O)CC=O. The molecule has 2 rings (SSSR count). The van der Waals surface area contributed by atoms with Crippen molar-refractivity contribution in [2.45, 2.75) is 19.8 Å². The number of likely N-dealkylation sites (N-methyl/N-ethyl adjacent to an activating group) is 1. The third kappa shape index (κ3) is 3.42. The summed E-state index contributed by atoms with van der Waals surface area (Å²) in [5.74, 6) is 0.692. The van der Waals surface area contributed by atoms with Gasteiger partial charge in [0.1, 0.15) is 12.0 Å². The van der Waals surface area contributed by atoms with Gasteiger partial charge in [-0.25, -0.2) is 0 Å². The fourth-order valence-corrected chi connectivity index (χ4v) is 2.41. The number of ether oxygens (including phenoxy) is 1. The summed E-state index contributed by atoms with van der Waals surface area (Å²) < 4.78 is 5.25. The Morgan fingerprint density at radius 3 is 2.90 bits per heavy atom. The highest BCUT2D eigenvalue weighted by atomic mass is 16.5. The van der Waals surface area contributed by atoms with Crippen molar-refractivity contribution >= 4 is 23.1 Å². The topological polar surface area (TPSA) is 62.4 Å². The summed E-state index contributed by atoms with van der Waals surface area (Å²) in [5, 5.41) is 1.10. The van der Waals surface area contributed by atoms with Gasteiger partial charge in [-0.3, -0.25) is 4.79 Å². The largest absolute Gasteiger partial charge is 0.497 e. The third-order valence-corrected chi connectivity index (χ3v) is 3.62. The Hall–Kier alpha value is -2.30. The molecule has 0 saturated carbocycles. The van der Waals surface area contributed by atoms with Crippen LogP contribution in [0.25, 0.3) is 10.9 Å². The van der Waals surface area contributed by atoms with Crippen LogP contribution < -0.4 is 4.74 Å². The number of aromatic nitrogens is 1. The highest BCUT2D eigenvalue weighted by molar-refractivity contribution is 5.88. The lowest BCUT2D eigenvalue weighted by atomic mass is 10.1. The monoisotopic (exact) mass is 288 g/mol. The summed E-state index contributed by atoms with van der Waals surface area (Å²) in [6.07, 6.45) is 3.31. The van der Waals surface area contributed by atoms with Crippen molar-refractivity contribution < 1.29 is 14.3 Å². The Kier molecular flexibility index (Phi) is 4.98. The number of hydrogen-bond acceptors (Lipinski definition) is 3. The number of rotatable bonds is 7. The molecule has 0 aliphatic carbocycles. The van der Waals surface area contributed by atoms with Gasteiger partial charge in [0.2, 0.25) is 5.91 Å². The molecule has 1 amide bonds. The van der Waals surface area contributed by atoms with Gasteiger partial charge in [0.05, 0.1) is 13.5 Å². The number of nitrogens with zero attached hydrogens (tertiary/aromatic N) is 1. The number of fused-ring (bicyclic) bond motifs is 1. The predicted molar refractivity (Wildman–Crippen MR) is 81.5 cm³/mol. The first-order valence-electron chi connectivity index (χ1n) is 7.05. The van der Waals surface area contributed by atoms with Crippen molar-refractivity contribution in [1.29, 1.82) is 0 Å². The van der Waals surface area contributed by atoms with Crippen molar-refractivity contribution in [3.05, 3.63) is 30.0 Å². The fraction of sp³-hybridized carbons (Fsp3) is 0.375. The molecule has 0 spiro atoms. The Bertz CT molecular complexity index is 633. The highest BCUT2D eigenvalue weighted by Crippen LogP contribution is 2.24.